The second-order valence-electron chi connectivity index (χ2n) is 4.07. The van der Waals surface area contributed by atoms with E-state index in [0.29, 0.717) is 5.57 Å². The highest BCUT2D eigenvalue weighted by atomic mass is 16.1. The maximum Gasteiger partial charge on any atom is 0.156 e. The highest BCUT2D eigenvalue weighted by Gasteiger charge is 2.17. The zero-order valence-corrected chi connectivity index (χ0v) is 10.7. The van der Waals surface area contributed by atoms with Crippen molar-refractivity contribution in [1.29, 1.82) is 0 Å². The van der Waals surface area contributed by atoms with Gasteiger partial charge in [0.2, 0.25) is 0 Å². The lowest BCUT2D eigenvalue weighted by Gasteiger charge is -2.11. The molecule has 0 aliphatic heterocycles. The Bertz CT molecular complexity index is 455. The summed E-state index contributed by atoms with van der Waals surface area (Å²) in [5, 5.41) is 0. The Morgan fingerprint density at radius 1 is 1.17 bits per heavy atom. The van der Waals surface area contributed by atoms with Gasteiger partial charge in [0.15, 0.2) is 5.78 Å². The summed E-state index contributed by atoms with van der Waals surface area (Å²) < 4.78 is 0. The van der Waals surface area contributed by atoms with Gasteiger partial charge in [-0.15, -0.1) is 0 Å². The van der Waals surface area contributed by atoms with Gasteiger partial charge in [-0.25, -0.2) is 0 Å². The van der Waals surface area contributed by atoms with E-state index < -0.39 is 0 Å². The van der Waals surface area contributed by atoms with Crippen molar-refractivity contribution in [3.05, 3.63) is 66.1 Å². The molecule has 1 aromatic rings. The average molecular weight is 241 g/mol. The molecule has 1 radical (unpaired) electrons. The minimum atomic E-state index is -0.336. The molecule has 0 N–H and O–H groups in total. The van der Waals surface area contributed by atoms with Gasteiger partial charge in [-0.05, 0) is 20.3 Å². The molecule has 2 nitrogen and oxygen atoms in total. The number of aryl methyl sites for hydroxylation is 1. The number of ketones is 1. The molecule has 0 fully saturated rings. The number of carbonyl (C=O) groups excluding carboxylic acids is 2. The molecule has 93 valence electrons. The molecule has 0 spiro atoms. The molecule has 0 saturated heterocycles. The van der Waals surface area contributed by atoms with E-state index in [1.54, 1.807) is 24.6 Å². The summed E-state index contributed by atoms with van der Waals surface area (Å²) in [5.41, 5.74) is 1.89. The highest BCUT2D eigenvalue weighted by molar-refractivity contribution is 5.98. The third-order valence-corrected chi connectivity index (χ3v) is 2.56. The van der Waals surface area contributed by atoms with Gasteiger partial charge < -0.3 is 4.79 Å². The van der Waals surface area contributed by atoms with Crippen LogP contribution in [0.15, 0.2) is 54.1 Å². The Morgan fingerprint density at radius 3 is 2.22 bits per heavy atom. The van der Waals surface area contributed by atoms with E-state index in [-0.39, 0.29) is 11.7 Å². The van der Waals surface area contributed by atoms with Crippen LogP contribution in [-0.4, -0.2) is 12.1 Å². The molecule has 0 heterocycles. The maximum absolute atomic E-state index is 10.9. The Balaban J connectivity index is 0.000000199. The van der Waals surface area contributed by atoms with Gasteiger partial charge in [-0.2, -0.15) is 0 Å². The first-order valence-electron chi connectivity index (χ1n) is 5.84. The number of Topliss-reactive ketones (excluding diaryl/α,β-unsaturated/α-hetero) is 1. The summed E-state index contributed by atoms with van der Waals surface area (Å²) in [6.45, 7) is 3.55. The number of benzene rings is 1. The maximum atomic E-state index is 10.9. The zero-order chi connectivity index (χ0) is 13.4. The minimum Gasteiger partial charge on any atom is -0.303 e. The third-order valence-electron chi connectivity index (χ3n) is 2.56. The molecule has 1 atom stereocenters. The number of hydrogen-bond acceptors (Lipinski definition) is 2. The normalized spacial score (nSPS) is 17.2. The largest absolute Gasteiger partial charge is 0.303 e. The van der Waals surface area contributed by atoms with Gasteiger partial charge in [0.05, 0.1) is 0 Å². The first-order chi connectivity index (χ1) is 8.65. The Kier molecular flexibility index (Phi) is 5.78. The van der Waals surface area contributed by atoms with Gasteiger partial charge in [0.1, 0.15) is 6.29 Å². The second kappa shape index (κ2) is 7.38. The van der Waals surface area contributed by atoms with Crippen LogP contribution < -0.4 is 0 Å². The van der Waals surface area contributed by atoms with Gasteiger partial charge in [-0.1, -0.05) is 54.1 Å². The molecule has 2 heteroatoms. The fourth-order valence-corrected chi connectivity index (χ4v) is 1.56. The molecule has 0 bridgehead atoms. The fraction of sp³-hybridized carbons (Fsp3) is 0.188. The summed E-state index contributed by atoms with van der Waals surface area (Å²) in [6.07, 6.45) is 7.70. The van der Waals surface area contributed by atoms with E-state index in [1.165, 1.54) is 12.5 Å². The summed E-state index contributed by atoms with van der Waals surface area (Å²) in [6, 6.07) is 10.3. The molecule has 2 rings (SSSR count). The quantitative estimate of drug-likeness (QED) is 0.746. The Hall–Kier alpha value is -1.96. The van der Waals surface area contributed by atoms with Crippen molar-refractivity contribution in [2.75, 3.05) is 0 Å². The van der Waals surface area contributed by atoms with Crippen molar-refractivity contribution in [3.63, 3.8) is 0 Å². The van der Waals surface area contributed by atoms with Crippen LogP contribution in [0.4, 0.5) is 0 Å². The van der Waals surface area contributed by atoms with Crippen LogP contribution in [-0.2, 0) is 9.59 Å². The molecule has 1 aliphatic carbocycles. The second-order valence-corrected chi connectivity index (χ2v) is 4.07. The number of carbonyl (C=O) groups is 2. The first kappa shape index (κ1) is 14.1. The van der Waals surface area contributed by atoms with E-state index in [1.807, 2.05) is 18.2 Å². The smallest absolute Gasteiger partial charge is 0.156 e. The predicted molar refractivity (Wildman–Crippen MR) is 72.9 cm³/mol. The number of allylic oxidation sites excluding steroid dienone is 4. The Labute approximate surface area is 108 Å². The van der Waals surface area contributed by atoms with E-state index in [4.69, 9.17) is 0 Å². The van der Waals surface area contributed by atoms with Crippen LogP contribution in [0.2, 0.25) is 0 Å². The molecular weight excluding hydrogens is 224 g/mol. The van der Waals surface area contributed by atoms with Gasteiger partial charge in [0.25, 0.3) is 0 Å². The number of aldehydes is 1. The fourth-order valence-electron chi connectivity index (χ4n) is 1.56. The van der Waals surface area contributed by atoms with Crippen LogP contribution in [0.5, 0.6) is 0 Å². The minimum absolute atomic E-state index is 0.0392. The van der Waals surface area contributed by atoms with E-state index in [2.05, 4.69) is 19.1 Å². The van der Waals surface area contributed by atoms with E-state index in [0.717, 1.165) is 6.29 Å². The lowest BCUT2D eigenvalue weighted by atomic mass is 9.90. The Morgan fingerprint density at radius 2 is 1.83 bits per heavy atom. The average Bonchev–Trinajstić information content (AvgIpc) is 2.40. The predicted octanol–water partition coefficient (Wildman–Crippen LogP) is 3.09. The van der Waals surface area contributed by atoms with Crippen molar-refractivity contribution < 1.29 is 9.59 Å². The molecule has 0 aromatic heterocycles. The topological polar surface area (TPSA) is 34.1 Å². The lowest BCUT2D eigenvalue weighted by Crippen LogP contribution is -2.13. The first-order valence-corrected chi connectivity index (χ1v) is 5.84. The van der Waals surface area contributed by atoms with Crippen LogP contribution in [0.1, 0.15) is 12.5 Å². The van der Waals surface area contributed by atoms with Crippen molar-refractivity contribution in [2.45, 2.75) is 13.8 Å². The van der Waals surface area contributed by atoms with Gasteiger partial charge in [0, 0.05) is 11.5 Å². The van der Waals surface area contributed by atoms with Gasteiger partial charge >= 0.3 is 0 Å². The number of hydrogen-bond donors (Lipinski definition) is 0. The molecule has 0 saturated carbocycles. The zero-order valence-electron chi connectivity index (χ0n) is 10.7. The molecule has 18 heavy (non-hydrogen) atoms. The van der Waals surface area contributed by atoms with Gasteiger partial charge in [-0.3, -0.25) is 4.79 Å². The van der Waals surface area contributed by atoms with Crippen LogP contribution in [0, 0.1) is 19.3 Å². The SMILES string of the molecule is CC(=O)C1=CC=C[CH]C1C=O.Cc1ccccc1. The van der Waals surface area contributed by atoms with E-state index >= 15 is 0 Å². The van der Waals surface area contributed by atoms with Crippen LogP contribution in [0.25, 0.3) is 0 Å². The van der Waals surface area contributed by atoms with Crippen molar-refractivity contribution in [1.82, 2.24) is 0 Å². The third kappa shape index (κ3) is 4.50. The standard InChI is InChI=1S/C9H9O2.C7H8/c1-7(11)9-5-3-2-4-8(9)6-10;1-7-5-3-2-4-6-7/h2-6,8H,1H3;2-6H,1H3. The summed E-state index contributed by atoms with van der Waals surface area (Å²) in [5.74, 6) is -0.375. The molecular formula is C16H17O2. The number of rotatable bonds is 2. The molecule has 0 amide bonds. The van der Waals surface area contributed by atoms with Crippen molar-refractivity contribution in [3.8, 4) is 0 Å². The molecule has 1 aromatic carbocycles. The van der Waals surface area contributed by atoms with Crippen molar-refractivity contribution >= 4 is 12.1 Å². The van der Waals surface area contributed by atoms with Crippen LogP contribution >= 0.6 is 0 Å². The summed E-state index contributed by atoms with van der Waals surface area (Å²) >= 11 is 0. The monoisotopic (exact) mass is 241 g/mol. The summed E-state index contributed by atoms with van der Waals surface area (Å²) in [7, 11) is 0. The van der Waals surface area contributed by atoms with Crippen molar-refractivity contribution in [2.24, 2.45) is 5.92 Å². The molecule has 1 unspecified atom stereocenters. The molecule has 1 aliphatic rings. The summed E-state index contributed by atoms with van der Waals surface area (Å²) in [4.78, 5) is 21.3. The van der Waals surface area contributed by atoms with E-state index in [9.17, 15) is 9.59 Å². The van der Waals surface area contributed by atoms with Crippen LogP contribution in [0.3, 0.4) is 0 Å². The highest BCUT2D eigenvalue weighted by Crippen LogP contribution is 2.17. The lowest BCUT2D eigenvalue weighted by molar-refractivity contribution is -0.116.